The van der Waals surface area contributed by atoms with Gasteiger partial charge in [-0.05, 0) is 31.3 Å². The summed E-state index contributed by atoms with van der Waals surface area (Å²) >= 11 is 0. The molecule has 0 aromatic rings. The highest BCUT2D eigenvalue weighted by atomic mass is 33.1. The van der Waals surface area contributed by atoms with E-state index in [1.165, 1.54) is 13.1 Å². The third kappa shape index (κ3) is 4.95. The Morgan fingerprint density at radius 1 is 1.18 bits per heavy atom. The van der Waals surface area contributed by atoms with E-state index in [-0.39, 0.29) is 10.1 Å². The normalized spacial score (nSPS) is 16.1. The summed E-state index contributed by atoms with van der Waals surface area (Å²) < 4.78 is 4.68. The van der Waals surface area contributed by atoms with E-state index in [4.69, 9.17) is 0 Å². The molecule has 0 amide bonds. The Morgan fingerprint density at radius 2 is 1.64 bits per heavy atom. The van der Waals surface area contributed by atoms with Gasteiger partial charge in [-0.25, -0.2) is 4.31 Å². The third-order valence-electron chi connectivity index (χ3n) is 1.41. The molecule has 11 heavy (non-hydrogen) atoms. The molecule has 0 fully saturated rings. The number of rotatable bonds is 5. The second-order valence-electron chi connectivity index (χ2n) is 2.50. The van der Waals surface area contributed by atoms with Gasteiger partial charge in [-0.1, -0.05) is 13.8 Å². The first kappa shape index (κ1) is 11.6. The fourth-order valence-electron chi connectivity index (χ4n) is 0.910. The van der Waals surface area contributed by atoms with Crippen LogP contribution in [0.25, 0.3) is 0 Å². The minimum Gasteiger partial charge on any atom is -0.261 e. The molecule has 1 unspecified atom stereocenters. The topological polar surface area (TPSA) is 6.48 Å². The summed E-state index contributed by atoms with van der Waals surface area (Å²) in [5.74, 6) is 0. The van der Waals surface area contributed by atoms with Crippen molar-refractivity contribution in [2.24, 2.45) is 0 Å². The summed E-state index contributed by atoms with van der Waals surface area (Å²) in [6.45, 7) is 6.77. The predicted molar refractivity (Wildman–Crippen MR) is 59.1 cm³/mol. The van der Waals surface area contributed by atoms with Gasteiger partial charge in [0.15, 0.2) is 0 Å². The van der Waals surface area contributed by atoms with Crippen molar-refractivity contribution in [3.05, 3.63) is 0 Å². The lowest BCUT2D eigenvalue weighted by Gasteiger charge is -2.30. The molecular weight excluding hydrogens is 176 g/mol. The first-order valence-electron chi connectivity index (χ1n) is 3.95. The van der Waals surface area contributed by atoms with Crippen LogP contribution in [0, 0.1) is 0 Å². The smallest absolute Gasteiger partial charge is 0.00514 e. The van der Waals surface area contributed by atoms with Crippen molar-refractivity contribution < 1.29 is 0 Å². The van der Waals surface area contributed by atoms with Gasteiger partial charge in [-0.15, -0.1) is 10.1 Å². The second kappa shape index (κ2) is 6.17. The summed E-state index contributed by atoms with van der Waals surface area (Å²) in [5.41, 5.74) is 0. The van der Waals surface area contributed by atoms with Crippen molar-refractivity contribution in [2.45, 2.75) is 13.8 Å². The Kier molecular flexibility index (Phi) is 6.52. The minimum atomic E-state index is -0.00772. The molecule has 0 aliphatic carbocycles. The zero-order valence-corrected chi connectivity index (χ0v) is 9.88. The molecular formula is C7H20N2S2. The molecule has 0 saturated carbocycles. The number of hydrogen-bond acceptors (Lipinski definition) is 3. The fourth-order valence-corrected chi connectivity index (χ4v) is 4.70. The van der Waals surface area contributed by atoms with E-state index in [9.17, 15) is 0 Å². The van der Waals surface area contributed by atoms with Gasteiger partial charge < -0.3 is 0 Å². The lowest BCUT2D eigenvalue weighted by atomic mass is 10.7. The maximum absolute atomic E-state index is 2.50. The van der Waals surface area contributed by atoms with E-state index in [1.54, 1.807) is 0 Å². The molecule has 0 spiro atoms. The highest BCUT2D eigenvalue weighted by Gasteiger charge is 2.06. The van der Waals surface area contributed by atoms with E-state index in [0.29, 0.717) is 0 Å². The van der Waals surface area contributed by atoms with Crippen LogP contribution in [-0.4, -0.2) is 42.1 Å². The monoisotopic (exact) mass is 196 g/mol. The van der Waals surface area contributed by atoms with Crippen molar-refractivity contribution in [3.8, 4) is 0 Å². The molecule has 0 radical (unpaired) electrons. The van der Waals surface area contributed by atoms with E-state index >= 15 is 0 Å². The standard InChI is InChI=1S/C7H20N2S2/c1-6-9(7-2)11(5)10-8(3)4/h11H,6-7H2,1-5H3. The first-order valence-corrected chi connectivity index (χ1v) is 7.07. The van der Waals surface area contributed by atoms with Crippen molar-refractivity contribution in [2.75, 3.05) is 33.4 Å². The summed E-state index contributed by atoms with van der Waals surface area (Å²) in [4.78, 5) is 0. The highest BCUT2D eigenvalue weighted by Crippen LogP contribution is 2.40. The van der Waals surface area contributed by atoms with Gasteiger partial charge in [0, 0.05) is 13.1 Å². The van der Waals surface area contributed by atoms with E-state index < -0.39 is 0 Å². The summed E-state index contributed by atoms with van der Waals surface area (Å²) in [5, 5.41) is 0. The largest absolute Gasteiger partial charge is 0.261 e. The fraction of sp³-hybridized carbons (Fsp3) is 1.00. The number of thiol groups is 1. The van der Waals surface area contributed by atoms with E-state index in [0.717, 1.165) is 0 Å². The molecule has 2 nitrogen and oxygen atoms in total. The quantitative estimate of drug-likeness (QED) is 0.408. The Labute approximate surface area is 77.3 Å². The molecule has 0 saturated heterocycles. The molecule has 0 N–H and O–H groups in total. The predicted octanol–water partition coefficient (Wildman–Crippen LogP) is 2.00. The SMILES string of the molecule is CCN(CC)[SH](C)SN(C)C. The van der Waals surface area contributed by atoms with Crippen LogP contribution >= 0.6 is 21.1 Å². The van der Waals surface area contributed by atoms with Crippen LogP contribution in [0.5, 0.6) is 0 Å². The zero-order valence-electron chi connectivity index (χ0n) is 8.16. The molecule has 0 heterocycles. The average molecular weight is 196 g/mol. The van der Waals surface area contributed by atoms with Gasteiger partial charge in [0.1, 0.15) is 0 Å². The van der Waals surface area contributed by atoms with Crippen LogP contribution in [0.3, 0.4) is 0 Å². The summed E-state index contributed by atoms with van der Waals surface area (Å²) in [7, 11) is 6.14. The maximum Gasteiger partial charge on any atom is 0.00514 e. The van der Waals surface area contributed by atoms with Gasteiger partial charge in [0.25, 0.3) is 0 Å². The van der Waals surface area contributed by atoms with Crippen molar-refractivity contribution in [3.63, 3.8) is 0 Å². The van der Waals surface area contributed by atoms with Gasteiger partial charge in [0.05, 0.1) is 0 Å². The van der Waals surface area contributed by atoms with Crippen LogP contribution in [0.15, 0.2) is 0 Å². The molecule has 70 valence electrons. The molecule has 0 rings (SSSR count). The van der Waals surface area contributed by atoms with Crippen molar-refractivity contribution >= 4 is 21.1 Å². The Balaban J connectivity index is 3.68. The maximum atomic E-state index is 2.50. The van der Waals surface area contributed by atoms with E-state index in [1.807, 2.05) is 11.0 Å². The molecule has 0 aromatic heterocycles. The minimum absolute atomic E-state index is 0.00772. The Bertz CT molecular complexity index is 94.4. The summed E-state index contributed by atoms with van der Waals surface area (Å²) in [6.07, 6.45) is 2.31. The number of nitrogens with zero attached hydrogens (tertiary/aromatic N) is 2. The van der Waals surface area contributed by atoms with Crippen LogP contribution in [0.1, 0.15) is 13.8 Å². The lowest BCUT2D eigenvalue weighted by Crippen LogP contribution is -2.18. The van der Waals surface area contributed by atoms with Crippen molar-refractivity contribution in [1.82, 2.24) is 8.61 Å². The van der Waals surface area contributed by atoms with Gasteiger partial charge in [0.2, 0.25) is 0 Å². The molecule has 0 bridgehead atoms. The highest BCUT2D eigenvalue weighted by molar-refractivity contribution is 8.83. The average Bonchev–Trinajstić information content (AvgIpc) is 1.88. The van der Waals surface area contributed by atoms with Gasteiger partial charge in [-0.3, -0.25) is 4.31 Å². The molecule has 4 heteroatoms. The summed E-state index contributed by atoms with van der Waals surface area (Å²) in [6, 6.07) is 0. The Hall–Kier alpha value is 0.620. The number of hydrogen-bond donors (Lipinski definition) is 1. The van der Waals surface area contributed by atoms with Crippen LogP contribution < -0.4 is 0 Å². The Morgan fingerprint density at radius 3 is 1.91 bits per heavy atom. The van der Waals surface area contributed by atoms with Crippen molar-refractivity contribution in [1.29, 1.82) is 0 Å². The molecule has 0 aliphatic heterocycles. The molecule has 1 atom stereocenters. The lowest BCUT2D eigenvalue weighted by molar-refractivity contribution is 0.524. The van der Waals surface area contributed by atoms with Gasteiger partial charge in [-0.2, -0.15) is 0 Å². The van der Waals surface area contributed by atoms with E-state index in [2.05, 4.69) is 42.8 Å². The van der Waals surface area contributed by atoms with Crippen LogP contribution in [-0.2, 0) is 0 Å². The molecule has 0 aliphatic rings. The van der Waals surface area contributed by atoms with Crippen LogP contribution in [0.4, 0.5) is 0 Å². The first-order chi connectivity index (χ1) is 5.11. The molecule has 0 aromatic carbocycles. The second-order valence-corrected chi connectivity index (χ2v) is 6.96. The zero-order chi connectivity index (χ0) is 8.85. The third-order valence-corrected chi connectivity index (χ3v) is 5.72. The van der Waals surface area contributed by atoms with Crippen LogP contribution in [0.2, 0.25) is 0 Å². The van der Waals surface area contributed by atoms with Gasteiger partial charge >= 0.3 is 0 Å².